The zero-order valence-corrected chi connectivity index (χ0v) is 12.5. The number of ether oxygens (including phenoxy) is 1. The maximum Gasteiger partial charge on any atom is 0.311 e. The Kier molecular flexibility index (Phi) is 5.63. The minimum absolute atomic E-state index is 0.0244. The number of rotatable bonds is 6. The molecule has 0 aliphatic rings. The Hall–Kier alpha value is -2.18. The molecule has 0 N–H and O–H groups in total. The number of halogens is 1. The number of nitro benzene ring substituents is 1. The van der Waals surface area contributed by atoms with Gasteiger partial charge in [0.2, 0.25) is 5.75 Å². The predicted octanol–water partition coefficient (Wildman–Crippen LogP) is 2.76. The highest BCUT2D eigenvalue weighted by Crippen LogP contribution is 2.27. The van der Waals surface area contributed by atoms with Crippen LogP contribution in [0.25, 0.3) is 0 Å². The number of nitrogens with zero attached hydrogens (tertiary/aromatic N) is 2. The molecule has 0 aromatic heterocycles. The lowest BCUT2D eigenvalue weighted by Crippen LogP contribution is -2.44. The molecule has 0 saturated heterocycles. The topological polar surface area (TPSA) is 72.7 Å². The van der Waals surface area contributed by atoms with Crippen LogP contribution in [0, 0.1) is 15.9 Å². The number of benzene rings is 1. The summed E-state index contributed by atoms with van der Waals surface area (Å²) in [5, 5.41) is 10.8. The Labute approximate surface area is 122 Å². The fourth-order valence-corrected chi connectivity index (χ4v) is 2.14. The molecule has 0 heterocycles. The number of hydrogen-bond donors (Lipinski definition) is 0. The maximum absolute atomic E-state index is 13.2. The number of nitro groups is 1. The second kappa shape index (κ2) is 7.01. The molecule has 6 nitrogen and oxygen atoms in total. The first-order valence-corrected chi connectivity index (χ1v) is 6.62. The van der Waals surface area contributed by atoms with Gasteiger partial charge in [-0.1, -0.05) is 0 Å². The summed E-state index contributed by atoms with van der Waals surface area (Å²) in [6.45, 7) is 7.08. The minimum Gasteiger partial charge on any atom is -0.477 e. The van der Waals surface area contributed by atoms with Gasteiger partial charge in [-0.15, -0.1) is 0 Å². The Morgan fingerprint density at radius 3 is 2.38 bits per heavy atom. The van der Waals surface area contributed by atoms with E-state index in [9.17, 15) is 19.3 Å². The highest BCUT2D eigenvalue weighted by molar-refractivity contribution is 5.78. The fraction of sp³-hybridized carbons (Fsp3) is 0.500. The normalized spacial score (nSPS) is 10.8. The van der Waals surface area contributed by atoms with Crippen molar-refractivity contribution in [2.45, 2.75) is 39.8 Å². The summed E-state index contributed by atoms with van der Waals surface area (Å²) < 4.78 is 18.3. The van der Waals surface area contributed by atoms with Crippen LogP contribution in [0.2, 0.25) is 0 Å². The van der Waals surface area contributed by atoms with Crippen molar-refractivity contribution in [1.82, 2.24) is 4.90 Å². The summed E-state index contributed by atoms with van der Waals surface area (Å²) in [6.07, 6.45) is 0. The molecule has 0 bridgehead atoms. The van der Waals surface area contributed by atoms with Crippen LogP contribution in [0.5, 0.6) is 5.75 Å². The van der Waals surface area contributed by atoms with Gasteiger partial charge in [-0.25, -0.2) is 4.39 Å². The van der Waals surface area contributed by atoms with E-state index in [1.807, 2.05) is 27.7 Å². The van der Waals surface area contributed by atoms with E-state index in [4.69, 9.17) is 4.74 Å². The molecule has 1 rings (SSSR count). The van der Waals surface area contributed by atoms with Crippen LogP contribution in [0.15, 0.2) is 18.2 Å². The number of carbonyl (C=O) groups excluding carboxylic acids is 1. The lowest BCUT2D eigenvalue weighted by molar-refractivity contribution is -0.385. The molecule has 0 aliphatic heterocycles. The second-order valence-corrected chi connectivity index (χ2v) is 5.15. The van der Waals surface area contributed by atoms with E-state index < -0.39 is 10.7 Å². The van der Waals surface area contributed by atoms with E-state index in [0.29, 0.717) is 0 Å². The molecule has 1 aromatic rings. The van der Waals surface area contributed by atoms with Crippen LogP contribution < -0.4 is 4.74 Å². The SMILES string of the molecule is CC(C)N(C(=O)COc1cc(F)ccc1[N+](=O)[O-])C(C)C. The van der Waals surface area contributed by atoms with E-state index >= 15 is 0 Å². The molecule has 1 aromatic carbocycles. The van der Waals surface area contributed by atoms with Crippen LogP contribution in [0.4, 0.5) is 10.1 Å². The van der Waals surface area contributed by atoms with Crippen molar-refractivity contribution < 1.29 is 18.8 Å². The Balaban J connectivity index is 2.86. The van der Waals surface area contributed by atoms with Crippen molar-refractivity contribution in [3.05, 3.63) is 34.1 Å². The third kappa shape index (κ3) is 4.40. The van der Waals surface area contributed by atoms with E-state index in [2.05, 4.69) is 0 Å². The van der Waals surface area contributed by atoms with Gasteiger partial charge in [0.25, 0.3) is 5.91 Å². The van der Waals surface area contributed by atoms with Crippen LogP contribution in [-0.4, -0.2) is 34.4 Å². The fourth-order valence-electron chi connectivity index (χ4n) is 2.14. The zero-order valence-electron chi connectivity index (χ0n) is 12.5. The van der Waals surface area contributed by atoms with E-state index in [0.717, 1.165) is 18.2 Å². The highest BCUT2D eigenvalue weighted by atomic mass is 19.1. The lowest BCUT2D eigenvalue weighted by Gasteiger charge is -2.30. The molecule has 0 fully saturated rings. The molecule has 0 radical (unpaired) electrons. The number of carbonyl (C=O) groups is 1. The van der Waals surface area contributed by atoms with Gasteiger partial charge in [-0.3, -0.25) is 14.9 Å². The summed E-state index contributed by atoms with van der Waals surface area (Å²) >= 11 is 0. The molecular weight excluding hydrogens is 279 g/mol. The highest BCUT2D eigenvalue weighted by Gasteiger charge is 2.22. The summed E-state index contributed by atoms with van der Waals surface area (Å²) in [5.41, 5.74) is -0.371. The quantitative estimate of drug-likeness (QED) is 0.598. The van der Waals surface area contributed by atoms with E-state index in [-0.39, 0.29) is 36.0 Å². The summed E-state index contributed by atoms with van der Waals surface area (Å²) in [4.78, 5) is 23.9. The van der Waals surface area contributed by atoms with Crippen LogP contribution >= 0.6 is 0 Å². The molecule has 0 atom stereocenters. The van der Waals surface area contributed by atoms with Gasteiger partial charge in [0.05, 0.1) is 4.92 Å². The molecule has 116 valence electrons. The monoisotopic (exact) mass is 298 g/mol. The summed E-state index contributed by atoms with van der Waals surface area (Å²) in [7, 11) is 0. The van der Waals surface area contributed by atoms with Gasteiger partial charge in [0, 0.05) is 24.2 Å². The van der Waals surface area contributed by atoms with Gasteiger partial charge in [0.1, 0.15) is 5.82 Å². The van der Waals surface area contributed by atoms with Crippen molar-refractivity contribution in [2.75, 3.05) is 6.61 Å². The standard InChI is InChI=1S/C14H19FN2O4/c1-9(2)16(10(3)4)14(18)8-21-13-7-11(15)5-6-12(13)17(19)20/h5-7,9-10H,8H2,1-4H3. The van der Waals surface area contributed by atoms with Crippen LogP contribution in [0.1, 0.15) is 27.7 Å². The van der Waals surface area contributed by atoms with Crippen molar-refractivity contribution >= 4 is 11.6 Å². The molecule has 0 unspecified atom stereocenters. The third-order valence-electron chi connectivity index (χ3n) is 2.87. The minimum atomic E-state index is -0.679. The van der Waals surface area contributed by atoms with Gasteiger partial charge < -0.3 is 9.64 Å². The first-order chi connectivity index (χ1) is 9.73. The molecule has 1 amide bonds. The van der Waals surface area contributed by atoms with Gasteiger partial charge >= 0.3 is 5.69 Å². The summed E-state index contributed by atoms with van der Waals surface area (Å²) in [6, 6.07) is 2.84. The largest absolute Gasteiger partial charge is 0.477 e. The average molecular weight is 298 g/mol. The predicted molar refractivity (Wildman–Crippen MR) is 75.7 cm³/mol. The molecule has 0 spiro atoms. The Morgan fingerprint density at radius 1 is 1.33 bits per heavy atom. The molecule has 0 aliphatic carbocycles. The Morgan fingerprint density at radius 2 is 1.90 bits per heavy atom. The lowest BCUT2D eigenvalue weighted by atomic mass is 10.2. The van der Waals surface area contributed by atoms with Crippen molar-refractivity contribution in [3.8, 4) is 5.75 Å². The molecular formula is C14H19FN2O4. The van der Waals surface area contributed by atoms with Crippen molar-refractivity contribution in [2.24, 2.45) is 0 Å². The van der Waals surface area contributed by atoms with Crippen molar-refractivity contribution in [3.63, 3.8) is 0 Å². The number of hydrogen-bond acceptors (Lipinski definition) is 4. The van der Waals surface area contributed by atoms with Gasteiger partial charge in [0.15, 0.2) is 6.61 Å². The van der Waals surface area contributed by atoms with Gasteiger partial charge in [-0.2, -0.15) is 0 Å². The Bertz CT molecular complexity index is 524. The maximum atomic E-state index is 13.2. The second-order valence-electron chi connectivity index (χ2n) is 5.15. The van der Waals surface area contributed by atoms with Crippen molar-refractivity contribution in [1.29, 1.82) is 0 Å². The first-order valence-electron chi connectivity index (χ1n) is 6.62. The molecule has 7 heteroatoms. The van der Waals surface area contributed by atoms with Gasteiger partial charge in [-0.05, 0) is 33.8 Å². The molecule has 21 heavy (non-hydrogen) atoms. The smallest absolute Gasteiger partial charge is 0.311 e. The van der Waals surface area contributed by atoms with Crippen LogP contribution in [0.3, 0.4) is 0 Å². The average Bonchev–Trinajstić information content (AvgIpc) is 2.35. The third-order valence-corrected chi connectivity index (χ3v) is 2.87. The first kappa shape index (κ1) is 16.9. The van der Waals surface area contributed by atoms with Crippen LogP contribution in [-0.2, 0) is 4.79 Å². The van der Waals surface area contributed by atoms with E-state index in [1.165, 1.54) is 0 Å². The summed E-state index contributed by atoms with van der Waals surface area (Å²) in [5.74, 6) is -1.22. The number of amides is 1. The zero-order chi connectivity index (χ0) is 16.2. The molecule has 0 saturated carbocycles. The van der Waals surface area contributed by atoms with E-state index in [1.54, 1.807) is 4.90 Å².